The fourth-order valence-corrected chi connectivity index (χ4v) is 4.30. The number of nitrogens with one attached hydrogen (secondary N) is 1. The van der Waals surface area contributed by atoms with Gasteiger partial charge in [0.25, 0.3) is 5.91 Å². The van der Waals surface area contributed by atoms with Crippen molar-refractivity contribution in [2.75, 3.05) is 11.4 Å². The normalized spacial score (nSPS) is 13.8. The maximum Gasteiger partial charge on any atom is 0.258 e. The number of carbonyl (C=O) groups excluding carboxylic acids is 2. The third kappa shape index (κ3) is 3.63. The number of hydrogen-bond donors (Lipinski definition) is 1. The second-order valence-electron chi connectivity index (χ2n) is 7.89. The summed E-state index contributed by atoms with van der Waals surface area (Å²) in [4.78, 5) is 27.1. The number of benzene rings is 3. The van der Waals surface area contributed by atoms with Gasteiger partial charge in [0, 0.05) is 23.9 Å². The van der Waals surface area contributed by atoms with Gasteiger partial charge in [-0.15, -0.1) is 0 Å². The van der Waals surface area contributed by atoms with Gasteiger partial charge in [-0.05, 0) is 55.8 Å². The van der Waals surface area contributed by atoms with Crippen LogP contribution >= 0.6 is 0 Å². The van der Waals surface area contributed by atoms with Crippen molar-refractivity contribution >= 4 is 28.3 Å². The zero-order valence-corrected chi connectivity index (χ0v) is 17.2. The highest BCUT2D eigenvalue weighted by Gasteiger charge is 2.29. The highest BCUT2D eigenvalue weighted by Crippen LogP contribution is 2.37. The summed E-state index contributed by atoms with van der Waals surface area (Å²) in [5, 5.41) is 5.19. The minimum Gasteiger partial charge on any atom is -0.350 e. The molecule has 148 valence electrons. The van der Waals surface area contributed by atoms with Crippen LogP contribution in [0, 0.1) is 13.8 Å². The Kier molecular flexibility index (Phi) is 5.10. The molecule has 0 saturated heterocycles. The highest BCUT2D eigenvalue weighted by atomic mass is 16.2. The quantitative estimate of drug-likeness (QED) is 0.643. The third-order valence-electron chi connectivity index (χ3n) is 5.70. The van der Waals surface area contributed by atoms with E-state index in [9.17, 15) is 9.59 Å². The number of carbonyl (C=O) groups is 2. The van der Waals surface area contributed by atoms with E-state index in [4.69, 9.17) is 0 Å². The molecule has 0 fully saturated rings. The van der Waals surface area contributed by atoms with Crippen molar-refractivity contribution < 1.29 is 9.59 Å². The summed E-state index contributed by atoms with van der Waals surface area (Å²) in [6.07, 6.45) is 1.02. The van der Waals surface area contributed by atoms with Gasteiger partial charge in [0.15, 0.2) is 0 Å². The molecule has 1 aliphatic heterocycles. The maximum absolute atomic E-state index is 12.8. The number of amides is 2. The summed E-state index contributed by atoms with van der Waals surface area (Å²) < 4.78 is 0. The lowest BCUT2D eigenvalue weighted by atomic mass is 10.00. The molecular weight excluding hydrogens is 360 g/mol. The van der Waals surface area contributed by atoms with Crippen LogP contribution in [0.1, 0.15) is 52.9 Å². The lowest BCUT2D eigenvalue weighted by Crippen LogP contribution is -2.30. The van der Waals surface area contributed by atoms with Crippen LogP contribution < -0.4 is 10.2 Å². The van der Waals surface area contributed by atoms with E-state index in [2.05, 4.69) is 37.4 Å². The van der Waals surface area contributed by atoms with Crippen molar-refractivity contribution in [1.82, 2.24) is 5.32 Å². The van der Waals surface area contributed by atoms with Crippen molar-refractivity contribution in [3.63, 3.8) is 0 Å². The van der Waals surface area contributed by atoms with E-state index in [1.807, 2.05) is 43.3 Å². The van der Waals surface area contributed by atoms with E-state index in [1.54, 1.807) is 4.90 Å². The first kappa shape index (κ1) is 19.2. The van der Waals surface area contributed by atoms with Crippen LogP contribution in [0.15, 0.2) is 54.6 Å². The number of rotatable bonds is 6. The molecule has 1 atom stereocenters. The summed E-state index contributed by atoms with van der Waals surface area (Å²) >= 11 is 0. The SMILES string of the molecule is Cc1ccc([C@H](C)NC(=O)CCCN2C(=O)c3cccc4cccc2c34)c(C)c1. The van der Waals surface area contributed by atoms with Gasteiger partial charge in [-0.2, -0.15) is 0 Å². The molecule has 3 aromatic rings. The molecule has 4 nitrogen and oxygen atoms in total. The molecule has 0 aliphatic carbocycles. The van der Waals surface area contributed by atoms with Crippen LogP contribution in [0.4, 0.5) is 5.69 Å². The summed E-state index contributed by atoms with van der Waals surface area (Å²) in [6, 6.07) is 18.1. The molecule has 29 heavy (non-hydrogen) atoms. The maximum atomic E-state index is 12.8. The van der Waals surface area contributed by atoms with Crippen molar-refractivity contribution in [3.8, 4) is 0 Å². The Bertz CT molecular complexity index is 1100. The number of hydrogen-bond acceptors (Lipinski definition) is 2. The van der Waals surface area contributed by atoms with Crippen LogP contribution in [-0.2, 0) is 4.79 Å². The largest absolute Gasteiger partial charge is 0.350 e. The van der Waals surface area contributed by atoms with Crippen molar-refractivity contribution in [2.45, 2.75) is 39.7 Å². The standard InChI is InChI=1S/C25H26N2O2/c1-16-12-13-20(17(2)15-16)18(3)26-23(28)11-6-14-27-22-10-5-8-19-7-4-9-21(24(19)22)25(27)29/h4-5,7-10,12-13,15,18H,6,11,14H2,1-3H3,(H,26,28)/t18-/m0/s1. The van der Waals surface area contributed by atoms with Crippen LogP contribution in [-0.4, -0.2) is 18.4 Å². The topological polar surface area (TPSA) is 49.4 Å². The molecule has 0 saturated carbocycles. The van der Waals surface area contributed by atoms with Crippen LogP contribution in [0.2, 0.25) is 0 Å². The van der Waals surface area contributed by atoms with E-state index >= 15 is 0 Å². The molecule has 4 heteroatoms. The van der Waals surface area contributed by atoms with Gasteiger partial charge in [0.05, 0.1) is 11.7 Å². The predicted octanol–water partition coefficient (Wildman–Crippen LogP) is 5.07. The summed E-state index contributed by atoms with van der Waals surface area (Å²) in [7, 11) is 0. The minimum atomic E-state index is -0.0329. The lowest BCUT2D eigenvalue weighted by molar-refractivity contribution is -0.121. The number of aryl methyl sites for hydroxylation is 2. The van der Waals surface area contributed by atoms with Gasteiger partial charge in [-0.3, -0.25) is 9.59 Å². The van der Waals surface area contributed by atoms with Gasteiger partial charge >= 0.3 is 0 Å². The first-order valence-corrected chi connectivity index (χ1v) is 10.2. The Morgan fingerprint density at radius 1 is 1.07 bits per heavy atom. The molecule has 0 spiro atoms. The average molecular weight is 386 g/mol. The van der Waals surface area contributed by atoms with Crippen molar-refractivity contribution in [1.29, 1.82) is 0 Å². The van der Waals surface area contributed by atoms with Gasteiger partial charge in [-0.25, -0.2) is 0 Å². The second kappa shape index (κ2) is 7.70. The molecule has 0 radical (unpaired) electrons. The van der Waals surface area contributed by atoms with Crippen LogP contribution in [0.25, 0.3) is 10.8 Å². The highest BCUT2D eigenvalue weighted by molar-refractivity contribution is 6.25. The second-order valence-corrected chi connectivity index (χ2v) is 7.89. The van der Waals surface area contributed by atoms with E-state index in [0.717, 1.165) is 27.6 Å². The Morgan fingerprint density at radius 2 is 1.83 bits per heavy atom. The Labute approximate surface area is 171 Å². The zero-order valence-electron chi connectivity index (χ0n) is 17.2. The number of nitrogens with zero attached hydrogens (tertiary/aromatic N) is 1. The van der Waals surface area contributed by atoms with Crippen molar-refractivity contribution in [2.24, 2.45) is 0 Å². The Balaban J connectivity index is 1.37. The number of anilines is 1. The van der Waals surface area contributed by atoms with Gasteiger partial charge in [0.1, 0.15) is 0 Å². The molecule has 4 rings (SSSR count). The Hall–Kier alpha value is -3.14. The van der Waals surface area contributed by atoms with E-state index < -0.39 is 0 Å². The smallest absolute Gasteiger partial charge is 0.258 e. The van der Waals surface area contributed by atoms with E-state index in [-0.39, 0.29) is 17.9 Å². The van der Waals surface area contributed by atoms with Gasteiger partial charge < -0.3 is 10.2 Å². The van der Waals surface area contributed by atoms with E-state index in [1.165, 1.54) is 11.1 Å². The van der Waals surface area contributed by atoms with Crippen LogP contribution in [0.3, 0.4) is 0 Å². The first-order valence-electron chi connectivity index (χ1n) is 10.2. The van der Waals surface area contributed by atoms with Crippen LogP contribution in [0.5, 0.6) is 0 Å². The summed E-state index contributed by atoms with van der Waals surface area (Å²) in [5.74, 6) is 0.0423. The molecule has 1 aliphatic rings. The molecule has 1 heterocycles. The molecule has 2 amide bonds. The third-order valence-corrected chi connectivity index (χ3v) is 5.70. The predicted molar refractivity (Wildman–Crippen MR) is 117 cm³/mol. The minimum absolute atomic E-state index is 0.0137. The van der Waals surface area contributed by atoms with Gasteiger partial charge in [-0.1, -0.05) is 48.0 Å². The monoisotopic (exact) mass is 386 g/mol. The average Bonchev–Trinajstić information content (AvgIpc) is 2.96. The summed E-state index contributed by atoms with van der Waals surface area (Å²) in [5.41, 5.74) is 5.25. The van der Waals surface area contributed by atoms with Gasteiger partial charge in [0.2, 0.25) is 5.91 Å². The fourth-order valence-electron chi connectivity index (χ4n) is 4.30. The molecule has 0 unspecified atom stereocenters. The zero-order chi connectivity index (χ0) is 20.5. The molecule has 1 N–H and O–H groups in total. The lowest BCUT2D eigenvalue weighted by Gasteiger charge is -2.19. The van der Waals surface area contributed by atoms with Crippen molar-refractivity contribution in [3.05, 3.63) is 76.9 Å². The molecule has 3 aromatic carbocycles. The first-order chi connectivity index (χ1) is 14.0. The fraction of sp³-hybridized carbons (Fsp3) is 0.280. The Morgan fingerprint density at radius 3 is 2.59 bits per heavy atom. The molecule has 0 bridgehead atoms. The van der Waals surface area contributed by atoms with E-state index in [0.29, 0.717) is 19.4 Å². The summed E-state index contributed by atoms with van der Waals surface area (Å²) in [6.45, 7) is 6.69. The molecular formula is C25H26N2O2. The molecule has 0 aromatic heterocycles.